The number of nitriles is 1. The Morgan fingerprint density at radius 1 is 1.44 bits per heavy atom. The largest absolute Gasteiger partial charge is 0.306 e. The first-order chi connectivity index (χ1) is 7.59. The van der Waals surface area contributed by atoms with Crippen LogP contribution < -0.4 is 5.32 Å². The summed E-state index contributed by atoms with van der Waals surface area (Å²) in [6.07, 6.45) is 6.50. The van der Waals surface area contributed by atoms with Crippen LogP contribution in [0.25, 0.3) is 0 Å². The Labute approximate surface area is 99.8 Å². The third-order valence-electron chi connectivity index (χ3n) is 3.84. The fourth-order valence-electron chi connectivity index (χ4n) is 2.38. The average molecular weight is 223 g/mol. The highest BCUT2D eigenvalue weighted by Gasteiger charge is 2.22. The van der Waals surface area contributed by atoms with Crippen molar-refractivity contribution in [2.75, 3.05) is 27.2 Å². The van der Waals surface area contributed by atoms with Gasteiger partial charge < -0.3 is 10.2 Å². The molecule has 3 heteroatoms. The van der Waals surface area contributed by atoms with Crippen LogP contribution in [-0.4, -0.2) is 37.6 Å². The van der Waals surface area contributed by atoms with Crippen molar-refractivity contribution in [1.29, 1.82) is 5.26 Å². The van der Waals surface area contributed by atoms with Crippen LogP contribution >= 0.6 is 0 Å². The molecule has 1 fully saturated rings. The summed E-state index contributed by atoms with van der Waals surface area (Å²) >= 11 is 0. The molecule has 1 rings (SSSR count). The highest BCUT2D eigenvalue weighted by atomic mass is 15.1. The van der Waals surface area contributed by atoms with Crippen molar-refractivity contribution in [3.63, 3.8) is 0 Å². The second-order valence-electron chi connectivity index (χ2n) is 5.36. The van der Waals surface area contributed by atoms with E-state index in [2.05, 4.69) is 23.3 Å². The van der Waals surface area contributed by atoms with Gasteiger partial charge >= 0.3 is 0 Å². The number of hydrogen-bond acceptors (Lipinski definition) is 3. The first-order valence-electron chi connectivity index (χ1n) is 6.38. The maximum Gasteiger partial charge on any atom is 0.104 e. The lowest BCUT2D eigenvalue weighted by Gasteiger charge is -2.26. The Morgan fingerprint density at radius 3 is 2.56 bits per heavy atom. The summed E-state index contributed by atoms with van der Waals surface area (Å²) in [6.45, 7) is 4.17. The quantitative estimate of drug-likeness (QED) is 0.748. The Balaban J connectivity index is 2.23. The molecular formula is C13H25N3. The minimum atomic E-state index is -0.371. The number of nitrogens with one attached hydrogen (secondary N) is 1. The van der Waals surface area contributed by atoms with Gasteiger partial charge in [-0.1, -0.05) is 12.8 Å². The first kappa shape index (κ1) is 13.5. The zero-order valence-corrected chi connectivity index (χ0v) is 10.9. The van der Waals surface area contributed by atoms with Crippen LogP contribution in [0.5, 0.6) is 0 Å². The van der Waals surface area contributed by atoms with Gasteiger partial charge in [0, 0.05) is 13.1 Å². The van der Waals surface area contributed by atoms with Crippen LogP contribution in [0, 0.1) is 17.2 Å². The Morgan fingerprint density at radius 2 is 2.06 bits per heavy atom. The third kappa shape index (κ3) is 4.11. The SMILES string of the molecule is CNC(C)(C#N)CCN(C)CC1CCCC1. The number of nitrogens with zero attached hydrogens (tertiary/aromatic N) is 2. The van der Waals surface area contributed by atoms with E-state index in [1.807, 2.05) is 14.0 Å². The fourth-order valence-corrected chi connectivity index (χ4v) is 2.38. The van der Waals surface area contributed by atoms with Gasteiger partial charge in [0.2, 0.25) is 0 Å². The Bertz CT molecular complexity index is 240. The summed E-state index contributed by atoms with van der Waals surface area (Å²) in [5.41, 5.74) is -0.371. The summed E-state index contributed by atoms with van der Waals surface area (Å²) in [4.78, 5) is 2.38. The standard InChI is InChI=1S/C13H25N3/c1-13(11-14,15-2)8-9-16(3)10-12-6-4-5-7-12/h12,15H,4-10H2,1-3H3. The molecule has 1 saturated carbocycles. The van der Waals surface area contributed by atoms with Gasteiger partial charge in [-0.05, 0) is 46.2 Å². The van der Waals surface area contributed by atoms with Crippen molar-refractivity contribution in [2.45, 2.75) is 44.6 Å². The second kappa shape index (κ2) is 6.22. The van der Waals surface area contributed by atoms with E-state index >= 15 is 0 Å². The van der Waals surface area contributed by atoms with Crippen LogP contribution in [0.1, 0.15) is 39.0 Å². The molecule has 0 aromatic carbocycles. The Hall–Kier alpha value is -0.590. The molecule has 0 radical (unpaired) electrons. The Kier molecular flexibility index (Phi) is 5.24. The van der Waals surface area contributed by atoms with Crippen LogP contribution in [0.15, 0.2) is 0 Å². The van der Waals surface area contributed by atoms with E-state index in [9.17, 15) is 0 Å². The minimum Gasteiger partial charge on any atom is -0.306 e. The predicted molar refractivity (Wildman–Crippen MR) is 67.1 cm³/mol. The molecule has 0 amide bonds. The van der Waals surface area contributed by atoms with E-state index in [1.54, 1.807) is 0 Å². The van der Waals surface area contributed by atoms with E-state index in [1.165, 1.54) is 32.2 Å². The van der Waals surface area contributed by atoms with Gasteiger partial charge in [-0.2, -0.15) is 5.26 Å². The second-order valence-corrected chi connectivity index (χ2v) is 5.36. The maximum absolute atomic E-state index is 9.05. The summed E-state index contributed by atoms with van der Waals surface area (Å²) in [5.74, 6) is 0.896. The lowest BCUT2D eigenvalue weighted by atomic mass is 9.99. The average Bonchev–Trinajstić information content (AvgIpc) is 2.79. The highest BCUT2D eigenvalue weighted by molar-refractivity contribution is 5.03. The summed E-state index contributed by atoms with van der Waals surface area (Å²) in [5, 5.41) is 12.1. The van der Waals surface area contributed by atoms with Crippen molar-refractivity contribution < 1.29 is 0 Å². The van der Waals surface area contributed by atoms with E-state index in [-0.39, 0.29) is 5.54 Å². The van der Waals surface area contributed by atoms with Crippen molar-refractivity contribution in [3.05, 3.63) is 0 Å². The zero-order chi connectivity index (χ0) is 12.0. The molecule has 0 saturated heterocycles. The molecular weight excluding hydrogens is 198 g/mol. The summed E-state index contributed by atoms with van der Waals surface area (Å²) in [6, 6.07) is 2.34. The summed E-state index contributed by atoms with van der Waals surface area (Å²) < 4.78 is 0. The summed E-state index contributed by atoms with van der Waals surface area (Å²) in [7, 11) is 4.03. The minimum absolute atomic E-state index is 0.371. The van der Waals surface area contributed by atoms with Crippen LogP contribution in [-0.2, 0) is 0 Å². The molecule has 1 atom stereocenters. The van der Waals surface area contributed by atoms with Gasteiger partial charge in [0.15, 0.2) is 0 Å². The van der Waals surface area contributed by atoms with E-state index in [4.69, 9.17) is 5.26 Å². The third-order valence-corrected chi connectivity index (χ3v) is 3.84. The van der Waals surface area contributed by atoms with Crippen molar-refractivity contribution >= 4 is 0 Å². The maximum atomic E-state index is 9.05. The number of hydrogen-bond donors (Lipinski definition) is 1. The van der Waals surface area contributed by atoms with Crippen LogP contribution in [0.2, 0.25) is 0 Å². The molecule has 0 bridgehead atoms. The van der Waals surface area contributed by atoms with E-state index in [0.717, 1.165) is 18.9 Å². The first-order valence-corrected chi connectivity index (χ1v) is 6.38. The fraction of sp³-hybridized carbons (Fsp3) is 0.923. The molecule has 92 valence electrons. The van der Waals surface area contributed by atoms with Gasteiger partial charge in [-0.3, -0.25) is 0 Å². The van der Waals surface area contributed by atoms with Crippen molar-refractivity contribution in [1.82, 2.24) is 10.2 Å². The van der Waals surface area contributed by atoms with Gasteiger partial charge in [0.25, 0.3) is 0 Å². The number of rotatable bonds is 6. The molecule has 1 unspecified atom stereocenters. The molecule has 1 N–H and O–H groups in total. The molecule has 0 aliphatic heterocycles. The molecule has 1 aliphatic rings. The van der Waals surface area contributed by atoms with Crippen LogP contribution in [0.3, 0.4) is 0 Å². The van der Waals surface area contributed by atoms with Gasteiger partial charge in [-0.25, -0.2) is 0 Å². The monoisotopic (exact) mass is 223 g/mol. The van der Waals surface area contributed by atoms with Gasteiger partial charge in [0.1, 0.15) is 5.54 Å². The van der Waals surface area contributed by atoms with Crippen molar-refractivity contribution in [2.24, 2.45) is 5.92 Å². The molecule has 0 aromatic heterocycles. The molecule has 16 heavy (non-hydrogen) atoms. The topological polar surface area (TPSA) is 39.1 Å². The lowest BCUT2D eigenvalue weighted by Crippen LogP contribution is -2.41. The molecule has 0 spiro atoms. The smallest absolute Gasteiger partial charge is 0.104 e. The lowest BCUT2D eigenvalue weighted by molar-refractivity contribution is 0.254. The van der Waals surface area contributed by atoms with E-state index in [0.29, 0.717) is 0 Å². The predicted octanol–water partition coefficient (Wildman–Crippen LogP) is 2.00. The zero-order valence-electron chi connectivity index (χ0n) is 10.9. The van der Waals surface area contributed by atoms with Gasteiger partial charge in [-0.15, -0.1) is 0 Å². The molecule has 1 aliphatic carbocycles. The molecule has 3 nitrogen and oxygen atoms in total. The molecule has 0 heterocycles. The normalized spacial score (nSPS) is 20.9. The molecule has 0 aromatic rings. The van der Waals surface area contributed by atoms with Crippen LogP contribution in [0.4, 0.5) is 0 Å². The highest BCUT2D eigenvalue weighted by Crippen LogP contribution is 2.25. The van der Waals surface area contributed by atoms with Crippen molar-refractivity contribution in [3.8, 4) is 6.07 Å². The van der Waals surface area contributed by atoms with Gasteiger partial charge in [0.05, 0.1) is 6.07 Å². The van der Waals surface area contributed by atoms with E-state index < -0.39 is 0 Å².